The summed E-state index contributed by atoms with van der Waals surface area (Å²) >= 11 is 0. The number of hydrogen-bond donors (Lipinski definition) is 1. The Morgan fingerprint density at radius 1 is 1.19 bits per heavy atom. The zero-order valence-electron chi connectivity index (χ0n) is 10.2. The second-order valence-corrected chi connectivity index (χ2v) is 4.05. The fraction of sp³-hybridized carbons (Fsp3) is 0.467. The van der Waals surface area contributed by atoms with Crippen LogP contribution in [0.25, 0.3) is 0 Å². The summed E-state index contributed by atoms with van der Waals surface area (Å²) in [5.74, 6) is 3.31. The Kier molecular flexibility index (Phi) is 5.67. The molecule has 0 fully saturated rings. The summed E-state index contributed by atoms with van der Waals surface area (Å²) in [6.45, 7) is 5.11. The molecule has 16 heavy (non-hydrogen) atoms. The number of terminal acetylenes is 1. The number of rotatable bonds is 6. The highest BCUT2D eigenvalue weighted by Crippen LogP contribution is 2.26. The quantitative estimate of drug-likeness (QED) is 0.717. The van der Waals surface area contributed by atoms with Crippen LogP contribution >= 0.6 is 0 Å². The van der Waals surface area contributed by atoms with E-state index in [1.54, 1.807) is 0 Å². The van der Waals surface area contributed by atoms with Crippen LogP contribution in [0, 0.1) is 18.3 Å². The summed E-state index contributed by atoms with van der Waals surface area (Å²) in [4.78, 5) is 0. The molecule has 0 aromatic heterocycles. The monoisotopic (exact) mass is 215 g/mol. The molecule has 0 heterocycles. The van der Waals surface area contributed by atoms with E-state index in [2.05, 4.69) is 55.4 Å². The van der Waals surface area contributed by atoms with Crippen molar-refractivity contribution in [3.8, 4) is 12.3 Å². The molecular formula is C15H21N. The lowest BCUT2D eigenvalue weighted by atomic mass is 9.89. The third-order valence-corrected chi connectivity index (χ3v) is 3.10. The second kappa shape index (κ2) is 7.09. The molecule has 1 N–H and O–H groups in total. The van der Waals surface area contributed by atoms with Crippen LogP contribution in [0.3, 0.4) is 0 Å². The first-order valence-electron chi connectivity index (χ1n) is 6.05. The third kappa shape index (κ3) is 3.40. The predicted molar refractivity (Wildman–Crippen MR) is 70.1 cm³/mol. The molecule has 0 bridgehead atoms. The molecule has 1 aromatic rings. The van der Waals surface area contributed by atoms with Crippen LogP contribution in [0.4, 0.5) is 0 Å². The molecule has 1 atom stereocenters. The Bertz CT molecular complexity index is 319. The molecule has 0 aliphatic carbocycles. The summed E-state index contributed by atoms with van der Waals surface area (Å²) in [6, 6.07) is 10.9. The van der Waals surface area contributed by atoms with E-state index in [1.165, 1.54) is 18.4 Å². The molecule has 0 saturated carbocycles. The van der Waals surface area contributed by atoms with Crippen molar-refractivity contribution < 1.29 is 0 Å². The first-order valence-corrected chi connectivity index (χ1v) is 6.05. The molecule has 1 rings (SSSR count). The van der Waals surface area contributed by atoms with Crippen molar-refractivity contribution >= 4 is 0 Å². The zero-order chi connectivity index (χ0) is 11.8. The van der Waals surface area contributed by atoms with E-state index in [1.807, 2.05) is 0 Å². The number of hydrogen-bond acceptors (Lipinski definition) is 1. The lowest BCUT2D eigenvalue weighted by molar-refractivity contribution is 0.352. The van der Waals surface area contributed by atoms with Gasteiger partial charge >= 0.3 is 0 Å². The lowest BCUT2D eigenvalue weighted by Gasteiger charge is -2.26. The van der Waals surface area contributed by atoms with Gasteiger partial charge in [-0.05, 0) is 11.5 Å². The van der Waals surface area contributed by atoms with E-state index in [9.17, 15) is 0 Å². The molecule has 1 heteroatoms. The van der Waals surface area contributed by atoms with Crippen molar-refractivity contribution in [1.29, 1.82) is 0 Å². The minimum Gasteiger partial charge on any atom is -0.299 e. The van der Waals surface area contributed by atoms with Crippen LogP contribution in [0.2, 0.25) is 0 Å². The number of benzene rings is 1. The maximum Gasteiger partial charge on any atom is 0.0578 e. The van der Waals surface area contributed by atoms with E-state index >= 15 is 0 Å². The lowest BCUT2D eigenvalue weighted by Crippen LogP contribution is -2.28. The molecule has 0 aliphatic heterocycles. The SMILES string of the molecule is C#CCNC(c1ccccc1)C(CC)CC. The van der Waals surface area contributed by atoms with Crippen LogP contribution in [0.15, 0.2) is 30.3 Å². The summed E-state index contributed by atoms with van der Waals surface area (Å²) < 4.78 is 0. The average Bonchev–Trinajstić information content (AvgIpc) is 2.35. The predicted octanol–water partition coefficient (Wildman–Crippen LogP) is 3.39. The van der Waals surface area contributed by atoms with Gasteiger partial charge in [0.25, 0.3) is 0 Å². The Labute approximate surface area is 99.3 Å². The minimum atomic E-state index is 0.382. The highest BCUT2D eigenvalue weighted by molar-refractivity contribution is 5.20. The van der Waals surface area contributed by atoms with Crippen molar-refractivity contribution in [2.75, 3.05) is 6.54 Å². The van der Waals surface area contributed by atoms with E-state index < -0.39 is 0 Å². The molecule has 0 spiro atoms. The largest absolute Gasteiger partial charge is 0.299 e. The van der Waals surface area contributed by atoms with Crippen molar-refractivity contribution in [2.45, 2.75) is 32.7 Å². The van der Waals surface area contributed by atoms with Crippen LogP contribution in [0.1, 0.15) is 38.3 Å². The molecule has 86 valence electrons. The van der Waals surface area contributed by atoms with E-state index in [0.29, 0.717) is 18.5 Å². The average molecular weight is 215 g/mol. The van der Waals surface area contributed by atoms with Gasteiger partial charge in [-0.2, -0.15) is 0 Å². The standard InChI is InChI=1S/C15H21N/c1-4-12-16-15(13(5-2)6-3)14-10-8-7-9-11-14/h1,7-11,13,15-16H,5-6,12H2,2-3H3. The molecular weight excluding hydrogens is 194 g/mol. The van der Waals surface area contributed by atoms with Gasteiger partial charge in [-0.15, -0.1) is 6.42 Å². The van der Waals surface area contributed by atoms with Crippen LogP contribution in [0.5, 0.6) is 0 Å². The van der Waals surface area contributed by atoms with Crippen molar-refractivity contribution in [3.63, 3.8) is 0 Å². The van der Waals surface area contributed by atoms with Crippen LogP contribution in [-0.4, -0.2) is 6.54 Å². The van der Waals surface area contributed by atoms with Gasteiger partial charge in [-0.1, -0.05) is 62.9 Å². The molecule has 1 unspecified atom stereocenters. The third-order valence-electron chi connectivity index (χ3n) is 3.10. The highest BCUT2D eigenvalue weighted by atomic mass is 14.9. The molecule has 1 nitrogen and oxygen atoms in total. The first-order chi connectivity index (χ1) is 7.83. The fourth-order valence-electron chi connectivity index (χ4n) is 2.15. The molecule has 0 aliphatic rings. The Hall–Kier alpha value is -1.26. The van der Waals surface area contributed by atoms with Gasteiger partial charge in [0.15, 0.2) is 0 Å². The summed E-state index contributed by atoms with van der Waals surface area (Å²) in [5.41, 5.74) is 1.34. The molecule has 0 amide bonds. The van der Waals surface area contributed by atoms with Gasteiger partial charge in [0.05, 0.1) is 6.54 Å². The zero-order valence-corrected chi connectivity index (χ0v) is 10.2. The Morgan fingerprint density at radius 2 is 1.81 bits per heavy atom. The summed E-state index contributed by atoms with van der Waals surface area (Å²) in [5, 5.41) is 3.45. The van der Waals surface area contributed by atoms with Gasteiger partial charge in [-0.3, -0.25) is 5.32 Å². The molecule has 0 saturated heterocycles. The highest BCUT2D eigenvalue weighted by Gasteiger charge is 2.18. The van der Waals surface area contributed by atoms with Gasteiger partial charge in [-0.25, -0.2) is 0 Å². The molecule has 0 radical (unpaired) electrons. The van der Waals surface area contributed by atoms with Gasteiger partial charge in [0.2, 0.25) is 0 Å². The summed E-state index contributed by atoms with van der Waals surface area (Å²) in [6.07, 6.45) is 7.67. The van der Waals surface area contributed by atoms with E-state index in [-0.39, 0.29) is 0 Å². The first kappa shape index (κ1) is 12.8. The van der Waals surface area contributed by atoms with E-state index in [4.69, 9.17) is 6.42 Å². The Balaban J connectivity index is 2.83. The normalized spacial score (nSPS) is 12.4. The van der Waals surface area contributed by atoms with Gasteiger partial charge in [0, 0.05) is 6.04 Å². The molecule has 1 aromatic carbocycles. The van der Waals surface area contributed by atoms with Gasteiger partial charge in [0.1, 0.15) is 0 Å². The topological polar surface area (TPSA) is 12.0 Å². The van der Waals surface area contributed by atoms with E-state index in [0.717, 1.165) is 0 Å². The minimum absolute atomic E-state index is 0.382. The van der Waals surface area contributed by atoms with Crippen LogP contribution in [-0.2, 0) is 0 Å². The smallest absolute Gasteiger partial charge is 0.0578 e. The summed E-state index contributed by atoms with van der Waals surface area (Å²) in [7, 11) is 0. The fourth-order valence-corrected chi connectivity index (χ4v) is 2.15. The maximum atomic E-state index is 5.33. The second-order valence-electron chi connectivity index (χ2n) is 4.05. The maximum absolute atomic E-state index is 5.33. The number of nitrogens with one attached hydrogen (secondary N) is 1. The van der Waals surface area contributed by atoms with Crippen molar-refractivity contribution in [1.82, 2.24) is 5.32 Å². The van der Waals surface area contributed by atoms with Crippen molar-refractivity contribution in [3.05, 3.63) is 35.9 Å². The Morgan fingerprint density at radius 3 is 2.31 bits per heavy atom. The van der Waals surface area contributed by atoms with Gasteiger partial charge < -0.3 is 0 Å². The van der Waals surface area contributed by atoms with Crippen molar-refractivity contribution in [2.24, 2.45) is 5.92 Å². The van der Waals surface area contributed by atoms with Crippen LogP contribution < -0.4 is 5.32 Å².